The topological polar surface area (TPSA) is 66.1 Å². The Hall–Kier alpha value is -2.08. The average molecular weight is 386 g/mol. The number of nitrogens with one attached hydrogen (secondary N) is 1. The molecule has 1 aliphatic rings. The van der Waals surface area contributed by atoms with Crippen LogP contribution in [0.5, 0.6) is 0 Å². The van der Waals surface area contributed by atoms with Gasteiger partial charge in [-0.3, -0.25) is 9.59 Å². The van der Waals surface area contributed by atoms with Crippen LogP contribution in [0.25, 0.3) is 0 Å². The number of aromatic nitrogens is 2. The van der Waals surface area contributed by atoms with Crippen molar-refractivity contribution in [2.75, 3.05) is 5.75 Å². The first-order chi connectivity index (χ1) is 13.0. The van der Waals surface area contributed by atoms with Crippen molar-refractivity contribution in [1.29, 1.82) is 0 Å². The highest BCUT2D eigenvalue weighted by molar-refractivity contribution is 7.99. The van der Waals surface area contributed by atoms with Gasteiger partial charge in [-0.15, -0.1) is 0 Å². The van der Waals surface area contributed by atoms with Crippen LogP contribution in [0.4, 0.5) is 0 Å². The Bertz CT molecular complexity index is 840. The van der Waals surface area contributed by atoms with Gasteiger partial charge < -0.3 is 9.88 Å². The van der Waals surface area contributed by atoms with Crippen molar-refractivity contribution in [1.82, 2.24) is 14.9 Å². The van der Waals surface area contributed by atoms with E-state index in [-0.39, 0.29) is 23.6 Å². The first kappa shape index (κ1) is 19.7. The molecule has 0 radical (unpaired) electrons. The smallest absolute Gasteiger partial charge is 0.255 e. The first-order valence-corrected chi connectivity index (χ1v) is 10.5. The molecule has 0 bridgehead atoms. The van der Waals surface area contributed by atoms with Gasteiger partial charge in [-0.25, -0.2) is 4.98 Å². The molecule has 144 valence electrons. The van der Waals surface area contributed by atoms with E-state index in [0.29, 0.717) is 22.9 Å². The Kier molecular flexibility index (Phi) is 6.37. The van der Waals surface area contributed by atoms with Crippen LogP contribution in [0.1, 0.15) is 49.9 Å². The van der Waals surface area contributed by atoms with Gasteiger partial charge in [-0.1, -0.05) is 42.1 Å². The third kappa shape index (κ3) is 4.80. The lowest BCUT2D eigenvalue weighted by Crippen LogP contribution is -2.48. The summed E-state index contributed by atoms with van der Waals surface area (Å²) in [6, 6.07) is 10.4. The van der Waals surface area contributed by atoms with E-state index in [4.69, 9.17) is 0 Å². The number of hydrogen-bond donors (Lipinski definition) is 1. The van der Waals surface area contributed by atoms with Gasteiger partial charge in [0.15, 0.2) is 5.16 Å². The van der Waals surface area contributed by atoms with Crippen molar-refractivity contribution in [2.24, 2.45) is 0 Å². The number of aryl methyl sites for hydroxylation is 1. The van der Waals surface area contributed by atoms with Gasteiger partial charge in [-0.2, -0.15) is 0 Å². The number of likely N-dealkylation sites (tertiary alicyclic amines) is 1. The van der Waals surface area contributed by atoms with Gasteiger partial charge in [0.1, 0.15) is 0 Å². The molecule has 2 atom stereocenters. The highest BCUT2D eigenvalue weighted by atomic mass is 32.2. The summed E-state index contributed by atoms with van der Waals surface area (Å²) in [7, 11) is 0. The van der Waals surface area contributed by atoms with E-state index in [1.165, 1.54) is 18.2 Å². The molecule has 1 aromatic carbocycles. The predicted molar refractivity (Wildman–Crippen MR) is 109 cm³/mol. The number of hydrogen-bond acceptors (Lipinski definition) is 4. The van der Waals surface area contributed by atoms with E-state index < -0.39 is 0 Å². The Labute approximate surface area is 164 Å². The van der Waals surface area contributed by atoms with Gasteiger partial charge in [0.05, 0.1) is 5.75 Å². The highest BCUT2D eigenvalue weighted by Gasteiger charge is 2.28. The van der Waals surface area contributed by atoms with Gasteiger partial charge in [0.25, 0.3) is 5.56 Å². The summed E-state index contributed by atoms with van der Waals surface area (Å²) in [5.41, 5.74) is 2.35. The second kappa shape index (κ2) is 8.74. The molecule has 1 N–H and O–H groups in total. The number of carbonyl (C=O) groups is 1. The Morgan fingerprint density at radius 3 is 2.52 bits per heavy atom. The molecule has 1 aliphatic heterocycles. The fourth-order valence-corrected chi connectivity index (χ4v) is 4.55. The molecule has 2 aromatic rings. The zero-order valence-electron chi connectivity index (χ0n) is 16.2. The summed E-state index contributed by atoms with van der Waals surface area (Å²) in [6.07, 6.45) is 3.85. The van der Waals surface area contributed by atoms with E-state index in [2.05, 4.69) is 23.8 Å². The van der Waals surface area contributed by atoms with Gasteiger partial charge >= 0.3 is 0 Å². The monoisotopic (exact) mass is 385 g/mol. The maximum atomic E-state index is 12.7. The minimum absolute atomic E-state index is 0.119. The van der Waals surface area contributed by atoms with Crippen molar-refractivity contribution in [2.45, 2.75) is 63.7 Å². The molecule has 1 aromatic heterocycles. The number of nitrogens with zero attached hydrogens (tertiary/aromatic N) is 2. The van der Waals surface area contributed by atoms with Crippen molar-refractivity contribution in [3.8, 4) is 0 Å². The van der Waals surface area contributed by atoms with Crippen molar-refractivity contribution in [3.63, 3.8) is 0 Å². The normalized spacial score (nSPS) is 19.9. The third-order valence-electron chi connectivity index (χ3n) is 5.24. The lowest BCUT2D eigenvalue weighted by molar-refractivity contribution is -0.134. The molecule has 0 unspecified atom stereocenters. The summed E-state index contributed by atoms with van der Waals surface area (Å²) in [5.74, 6) is 0.420. The minimum atomic E-state index is -0.124. The van der Waals surface area contributed by atoms with Crippen molar-refractivity contribution < 1.29 is 4.79 Å². The number of thioether (sulfide) groups is 1. The van der Waals surface area contributed by atoms with E-state index >= 15 is 0 Å². The fraction of sp³-hybridized carbons (Fsp3) is 0.476. The number of H-pyrrole nitrogens is 1. The largest absolute Gasteiger partial charge is 0.337 e. The number of rotatable bonds is 5. The summed E-state index contributed by atoms with van der Waals surface area (Å²) in [5, 5.41) is 0.514. The van der Waals surface area contributed by atoms with Crippen LogP contribution in [-0.4, -0.2) is 38.6 Å². The maximum Gasteiger partial charge on any atom is 0.255 e. The Morgan fingerprint density at radius 2 is 1.89 bits per heavy atom. The molecule has 1 amide bonds. The van der Waals surface area contributed by atoms with Gasteiger partial charge in [-0.05, 0) is 45.6 Å². The lowest BCUT2D eigenvalue weighted by Gasteiger charge is -2.39. The number of piperidine rings is 1. The predicted octanol–water partition coefficient (Wildman–Crippen LogP) is 3.55. The molecule has 1 fully saturated rings. The van der Waals surface area contributed by atoms with Crippen LogP contribution in [0, 0.1) is 6.92 Å². The molecule has 1 saturated heterocycles. The molecular formula is C21H27N3O2S. The average Bonchev–Trinajstić information content (AvgIpc) is 2.64. The second-order valence-corrected chi connectivity index (χ2v) is 8.28. The molecule has 0 spiro atoms. The number of aromatic amines is 1. The fourth-order valence-electron chi connectivity index (χ4n) is 3.78. The zero-order valence-corrected chi connectivity index (χ0v) is 17.0. The molecule has 27 heavy (non-hydrogen) atoms. The molecule has 3 rings (SSSR count). The molecular weight excluding hydrogens is 358 g/mol. The number of carbonyl (C=O) groups excluding carboxylic acids is 1. The summed E-state index contributed by atoms with van der Waals surface area (Å²) in [4.78, 5) is 34.5. The highest BCUT2D eigenvalue weighted by Crippen LogP contribution is 2.24. The van der Waals surface area contributed by atoms with Crippen LogP contribution in [0.3, 0.4) is 0 Å². The first-order valence-electron chi connectivity index (χ1n) is 9.53. The maximum absolute atomic E-state index is 12.7. The third-order valence-corrected chi connectivity index (χ3v) is 6.10. The van der Waals surface area contributed by atoms with E-state index in [0.717, 1.165) is 24.1 Å². The van der Waals surface area contributed by atoms with E-state index in [1.807, 2.05) is 42.2 Å². The lowest BCUT2D eigenvalue weighted by atomic mass is 9.98. The molecule has 0 aliphatic carbocycles. The second-order valence-electron chi connectivity index (χ2n) is 7.32. The number of benzene rings is 1. The van der Waals surface area contributed by atoms with Crippen molar-refractivity contribution >= 4 is 17.7 Å². The van der Waals surface area contributed by atoms with Gasteiger partial charge in [0.2, 0.25) is 5.91 Å². The molecule has 0 saturated carbocycles. The zero-order chi connectivity index (χ0) is 19.4. The van der Waals surface area contributed by atoms with Crippen LogP contribution in [0.15, 0.2) is 40.3 Å². The van der Waals surface area contributed by atoms with Crippen LogP contribution < -0.4 is 5.56 Å². The summed E-state index contributed by atoms with van der Waals surface area (Å²) < 4.78 is 0. The number of amides is 1. The van der Waals surface area contributed by atoms with E-state index in [1.54, 1.807) is 0 Å². The van der Waals surface area contributed by atoms with E-state index in [9.17, 15) is 9.59 Å². The Morgan fingerprint density at radius 1 is 1.22 bits per heavy atom. The van der Waals surface area contributed by atoms with Crippen LogP contribution in [0.2, 0.25) is 0 Å². The molecule has 2 heterocycles. The standard InChI is InChI=1S/C21H27N3O2S/c1-14-8-7-9-15(2)24(14)19(25)13-27-21-22-16(3)18(20(26)23-21)12-17-10-5-4-6-11-17/h4-6,10-11,14-15H,7-9,12-13H2,1-3H3,(H,22,23,26)/t14-,15-/m1/s1. The van der Waals surface area contributed by atoms with Gasteiger partial charge in [0, 0.05) is 29.8 Å². The minimum Gasteiger partial charge on any atom is -0.337 e. The van der Waals surface area contributed by atoms with Crippen LogP contribution in [-0.2, 0) is 11.2 Å². The van der Waals surface area contributed by atoms with Crippen LogP contribution >= 0.6 is 11.8 Å². The van der Waals surface area contributed by atoms with Crippen molar-refractivity contribution in [3.05, 3.63) is 57.5 Å². The summed E-state index contributed by atoms with van der Waals surface area (Å²) in [6.45, 7) is 6.08. The quantitative estimate of drug-likeness (QED) is 0.631. The molecule has 6 heteroatoms. The molecule has 5 nitrogen and oxygen atoms in total. The summed E-state index contributed by atoms with van der Waals surface area (Å²) >= 11 is 1.31. The SMILES string of the molecule is Cc1nc(SCC(=O)N2[C@H](C)CCC[C@H]2C)[nH]c(=O)c1Cc1ccccc1. The Balaban J connectivity index is 1.67.